The second-order valence-electron chi connectivity index (χ2n) is 10.6. The Morgan fingerprint density at radius 1 is 0.727 bits per heavy atom. The first-order chi connectivity index (χ1) is 15.9. The average molecular weight is 444 g/mol. The molecule has 0 aliphatic heterocycles. The number of para-hydroxylation sites is 1. The first-order valence-electron chi connectivity index (χ1n) is 11.8. The molecule has 0 bridgehead atoms. The minimum Gasteiger partial charge on any atom is -0.307 e. The van der Waals surface area contributed by atoms with Crippen LogP contribution in [0.2, 0.25) is 19.6 Å². The minimum atomic E-state index is -1.58. The Morgan fingerprint density at radius 3 is 2.24 bits per heavy atom. The third-order valence-electron chi connectivity index (χ3n) is 7.63. The maximum atomic E-state index is 2.54. The summed E-state index contributed by atoms with van der Waals surface area (Å²) >= 11 is 0. The second-order valence-corrected chi connectivity index (χ2v) is 15.6. The van der Waals surface area contributed by atoms with E-state index in [0.29, 0.717) is 0 Å². The van der Waals surface area contributed by atoms with Crippen LogP contribution in [0.15, 0.2) is 72.9 Å². The number of hydrogen-bond donors (Lipinski definition) is 0. The molecule has 0 saturated heterocycles. The smallest absolute Gasteiger partial charge is 0.224 e. The molecule has 7 aromatic rings. The van der Waals surface area contributed by atoms with E-state index in [1.54, 1.807) is 5.19 Å². The second kappa shape index (κ2) is 6.12. The average Bonchev–Trinajstić information content (AvgIpc) is 3.13. The molecule has 7 rings (SSSR count). The van der Waals surface area contributed by atoms with Gasteiger partial charge in [-0.2, -0.15) is 0 Å². The number of pyridine rings is 2. The molecule has 0 saturated carbocycles. The predicted octanol–water partition coefficient (Wildman–Crippen LogP) is 6.82. The van der Waals surface area contributed by atoms with Crippen molar-refractivity contribution in [3.63, 3.8) is 0 Å². The summed E-state index contributed by atoms with van der Waals surface area (Å²) in [4.78, 5) is 0. The van der Waals surface area contributed by atoms with Crippen LogP contribution >= 0.6 is 0 Å². The lowest BCUT2D eigenvalue weighted by atomic mass is 9.96. The zero-order chi connectivity index (χ0) is 22.6. The number of nitrogens with zero attached hydrogens (tertiary/aromatic N) is 2. The standard InChI is InChI=1S/C30H27N2Si/c1-18-20-11-7-6-10-19(20)16-25-27(18)30-28-22(14-15-31(30)2)26(33(3,4)5)17-23-21-12-8-9-13-24(21)32(25)29(23)28/h6-17H,1-5H3/q+1. The van der Waals surface area contributed by atoms with Gasteiger partial charge in [-0.25, -0.2) is 4.57 Å². The molecule has 3 heteroatoms. The van der Waals surface area contributed by atoms with Gasteiger partial charge in [0.15, 0.2) is 6.20 Å². The van der Waals surface area contributed by atoms with E-state index in [-0.39, 0.29) is 0 Å². The number of hydrogen-bond acceptors (Lipinski definition) is 0. The van der Waals surface area contributed by atoms with Gasteiger partial charge in [-0.3, -0.25) is 0 Å². The Morgan fingerprint density at radius 2 is 1.45 bits per heavy atom. The van der Waals surface area contributed by atoms with E-state index < -0.39 is 8.07 Å². The van der Waals surface area contributed by atoms with Crippen molar-refractivity contribution in [3.05, 3.63) is 78.5 Å². The van der Waals surface area contributed by atoms with Crippen molar-refractivity contribution in [2.45, 2.75) is 26.6 Å². The van der Waals surface area contributed by atoms with Crippen molar-refractivity contribution in [2.75, 3.05) is 0 Å². The third-order valence-corrected chi connectivity index (χ3v) is 9.66. The lowest BCUT2D eigenvalue weighted by Crippen LogP contribution is -2.39. The van der Waals surface area contributed by atoms with Gasteiger partial charge in [0.2, 0.25) is 5.52 Å². The fourth-order valence-electron chi connectivity index (χ4n) is 6.15. The largest absolute Gasteiger partial charge is 0.307 e. The number of rotatable bonds is 1. The van der Waals surface area contributed by atoms with Crippen LogP contribution in [0.25, 0.3) is 59.8 Å². The van der Waals surface area contributed by atoms with Crippen LogP contribution in [-0.4, -0.2) is 12.5 Å². The lowest BCUT2D eigenvalue weighted by Gasteiger charge is -2.21. The topological polar surface area (TPSA) is 8.29 Å². The summed E-state index contributed by atoms with van der Waals surface area (Å²) in [6.07, 6.45) is 2.27. The molecule has 0 spiro atoms. The summed E-state index contributed by atoms with van der Waals surface area (Å²) in [6.45, 7) is 9.71. The Labute approximate surface area is 194 Å². The first kappa shape index (κ1) is 19.1. The molecule has 3 aromatic heterocycles. The number of benzene rings is 4. The molecule has 0 fully saturated rings. The molecule has 0 unspecified atom stereocenters. The quantitative estimate of drug-likeness (QED) is 0.114. The molecule has 0 N–H and O–H groups in total. The first-order valence-corrected chi connectivity index (χ1v) is 15.3. The van der Waals surface area contributed by atoms with Gasteiger partial charge in [0.05, 0.1) is 35.4 Å². The monoisotopic (exact) mass is 443 g/mol. The van der Waals surface area contributed by atoms with Crippen molar-refractivity contribution in [2.24, 2.45) is 7.05 Å². The van der Waals surface area contributed by atoms with Crippen LogP contribution in [0, 0.1) is 6.92 Å². The fraction of sp³-hybridized carbons (Fsp3) is 0.167. The SMILES string of the molecule is Cc1c2ccccc2cc2c1c1c3c(cc[n+]1C)c([Si](C)(C)C)cc1c4ccccc4n2c13. The molecule has 2 nitrogen and oxygen atoms in total. The van der Waals surface area contributed by atoms with Gasteiger partial charge in [0.25, 0.3) is 0 Å². The molecule has 0 aliphatic rings. The van der Waals surface area contributed by atoms with Gasteiger partial charge in [-0.15, -0.1) is 0 Å². The van der Waals surface area contributed by atoms with Crippen molar-refractivity contribution in [1.29, 1.82) is 0 Å². The predicted molar refractivity (Wildman–Crippen MR) is 145 cm³/mol. The summed E-state index contributed by atoms with van der Waals surface area (Å²) < 4.78 is 4.89. The van der Waals surface area contributed by atoms with E-state index in [1.807, 2.05) is 0 Å². The van der Waals surface area contributed by atoms with Gasteiger partial charge in [0.1, 0.15) is 7.05 Å². The highest BCUT2D eigenvalue weighted by Crippen LogP contribution is 2.42. The fourth-order valence-corrected chi connectivity index (χ4v) is 7.74. The van der Waals surface area contributed by atoms with Crippen molar-refractivity contribution in [3.8, 4) is 0 Å². The van der Waals surface area contributed by atoms with Gasteiger partial charge in [-0.05, 0) is 40.8 Å². The Hall–Kier alpha value is -3.43. The summed E-state index contributed by atoms with van der Waals surface area (Å²) in [7, 11) is 0.630. The minimum absolute atomic E-state index is 1.30. The molecule has 3 heterocycles. The Bertz CT molecular complexity index is 1920. The van der Waals surface area contributed by atoms with Crippen molar-refractivity contribution < 1.29 is 4.57 Å². The van der Waals surface area contributed by atoms with E-state index in [0.717, 1.165) is 0 Å². The maximum Gasteiger partial charge on any atom is 0.224 e. The summed E-state index contributed by atoms with van der Waals surface area (Å²) in [5.41, 5.74) is 6.68. The molecular formula is C30H27N2Si+. The highest BCUT2D eigenvalue weighted by atomic mass is 28.3. The van der Waals surface area contributed by atoms with E-state index >= 15 is 0 Å². The van der Waals surface area contributed by atoms with Gasteiger partial charge in [0, 0.05) is 16.8 Å². The maximum absolute atomic E-state index is 2.54. The molecule has 160 valence electrons. The molecule has 4 aromatic carbocycles. The van der Waals surface area contributed by atoms with Crippen LogP contribution in [0.3, 0.4) is 0 Å². The third kappa shape index (κ3) is 2.30. The van der Waals surface area contributed by atoms with Gasteiger partial charge in [-0.1, -0.05) is 73.4 Å². The zero-order valence-electron chi connectivity index (χ0n) is 19.8. The van der Waals surface area contributed by atoms with Crippen LogP contribution < -0.4 is 9.75 Å². The van der Waals surface area contributed by atoms with Crippen LogP contribution in [0.1, 0.15) is 5.56 Å². The molecule has 0 aliphatic carbocycles. The molecule has 0 amide bonds. The zero-order valence-corrected chi connectivity index (χ0v) is 20.8. The molecular weight excluding hydrogens is 416 g/mol. The van der Waals surface area contributed by atoms with Crippen LogP contribution in [0.4, 0.5) is 0 Å². The highest BCUT2D eigenvalue weighted by molar-refractivity contribution is 6.90. The normalized spacial score (nSPS) is 13.0. The number of aryl methyl sites for hydroxylation is 2. The Kier molecular flexibility index (Phi) is 3.54. The Balaban J connectivity index is 1.96. The number of aromatic nitrogens is 2. The van der Waals surface area contributed by atoms with Gasteiger partial charge >= 0.3 is 0 Å². The molecule has 0 atom stereocenters. The van der Waals surface area contributed by atoms with Crippen molar-refractivity contribution >= 4 is 73.0 Å². The summed E-state index contributed by atoms with van der Waals surface area (Å²) in [6, 6.07) is 25.0. The summed E-state index contributed by atoms with van der Waals surface area (Å²) in [5, 5.41) is 11.1. The van der Waals surface area contributed by atoms with E-state index in [1.165, 1.54) is 65.3 Å². The van der Waals surface area contributed by atoms with Crippen molar-refractivity contribution in [1.82, 2.24) is 4.40 Å². The molecule has 0 radical (unpaired) electrons. The van der Waals surface area contributed by atoms with Gasteiger partial charge < -0.3 is 4.40 Å². The lowest BCUT2D eigenvalue weighted by molar-refractivity contribution is -0.643. The summed E-state index contributed by atoms with van der Waals surface area (Å²) in [5.74, 6) is 0. The van der Waals surface area contributed by atoms with Crippen LogP contribution in [0.5, 0.6) is 0 Å². The molecule has 33 heavy (non-hydrogen) atoms. The van der Waals surface area contributed by atoms with E-state index in [2.05, 4.69) is 116 Å². The number of fused-ring (bicyclic) bond motifs is 7. The van der Waals surface area contributed by atoms with E-state index in [4.69, 9.17) is 0 Å². The highest BCUT2D eigenvalue weighted by Gasteiger charge is 2.29. The van der Waals surface area contributed by atoms with Crippen LogP contribution in [-0.2, 0) is 7.05 Å². The van der Waals surface area contributed by atoms with E-state index in [9.17, 15) is 0 Å².